The maximum atomic E-state index is 6.21. The van der Waals surface area contributed by atoms with Crippen LogP contribution in [-0.2, 0) is 0 Å². The summed E-state index contributed by atoms with van der Waals surface area (Å²) in [5, 5.41) is 0. The van der Waals surface area contributed by atoms with Crippen molar-refractivity contribution in [1.82, 2.24) is 4.98 Å². The van der Waals surface area contributed by atoms with Crippen LogP contribution in [0.15, 0.2) is 40.5 Å². The van der Waals surface area contributed by atoms with E-state index >= 15 is 0 Å². The molecule has 0 amide bonds. The summed E-state index contributed by atoms with van der Waals surface area (Å²) in [4.78, 5) is 8.55. The maximum absolute atomic E-state index is 6.21. The fourth-order valence-electron chi connectivity index (χ4n) is 5.46. The number of aryl methyl sites for hydroxylation is 4. The number of allylic oxidation sites excluding steroid dienone is 2. The molecule has 0 saturated heterocycles. The quantitative estimate of drug-likeness (QED) is 0.264. The van der Waals surface area contributed by atoms with Crippen LogP contribution in [0.3, 0.4) is 0 Å². The standard InChI is InChI=1S/C33H48N2O/c1-8-9-10-11-12-13-14-15-16-17-18-36-29-21-23(2)30(24(3)22-29)31(32-25(4)19-27(6)34-32)33-26(5)20-28(7)35-33/h19-22,34H,8-18H2,1-7H3/b33-31+. The minimum Gasteiger partial charge on any atom is -0.494 e. The summed E-state index contributed by atoms with van der Waals surface area (Å²) in [6, 6.07) is 6.62. The molecule has 0 atom stereocenters. The normalized spacial score (nSPS) is 14.8. The molecule has 1 aliphatic rings. The van der Waals surface area contributed by atoms with Crippen molar-refractivity contribution >= 4 is 11.3 Å². The van der Waals surface area contributed by atoms with Gasteiger partial charge in [0.25, 0.3) is 0 Å². The van der Waals surface area contributed by atoms with Crippen molar-refractivity contribution < 1.29 is 4.74 Å². The van der Waals surface area contributed by atoms with Crippen LogP contribution in [0.1, 0.15) is 119 Å². The molecule has 36 heavy (non-hydrogen) atoms. The summed E-state index contributed by atoms with van der Waals surface area (Å²) in [6.45, 7) is 16.0. The van der Waals surface area contributed by atoms with E-state index in [9.17, 15) is 0 Å². The Bertz CT molecular complexity index is 1090. The number of aromatic nitrogens is 1. The number of rotatable bonds is 14. The molecule has 0 radical (unpaired) electrons. The van der Waals surface area contributed by atoms with Gasteiger partial charge < -0.3 is 9.72 Å². The Morgan fingerprint density at radius 3 is 1.83 bits per heavy atom. The molecule has 0 spiro atoms. The summed E-state index contributed by atoms with van der Waals surface area (Å²) in [6.07, 6.45) is 15.6. The first-order valence-electron chi connectivity index (χ1n) is 14.2. The fourth-order valence-corrected chi connectivity index (χ4v) is 5.46. The van der Waals surface area contributed by atoms with Gasteiger partial charge in [-0.3, -0.25) is 4.99 Å². The van der Waals surface area contributed by atoms with E-state index in [1.165, 1.54) is 103 Å². The first-order chi connectivity index (χ1) is 17.3. The number of benzene rings is 1. The zero-order valence-electron chi connectivity index (χ0n) is 23.9. The summed E-state index contributed by atoms with van der Waals surface area (Å²) < 4.78 is 6.21. The smallest absolute Gasteiger partial charge is 0.119 e. The Hall–Kier alpha value is -2.55. The van der Waals surface area contributed by atoms with Crippen LogP contribution >= 0.6 is 0 Å². The number of hydrogen-bond acceptors (Lipinski definition) is 2. The molecular formula is C33H48N2O. The van der Waals surface area contributed by atoms with E-state index in [0.717, 1.165) is 30.2 Å². The SMILES string of the molecule is CCCCCCCCCCCCOc1cc(C)c(/C(=C2\N=C(C)C=C2C)c2[nH]c(C)cc2C)c(C)c1. The van der Waals surface area contributed by atoms with Crippen molar-refractivity contribution in [3.63, 3.8) is 0 Å². The van der Waals surface area contributed by atoms with E-state index < -0.39 is 0 Å². The molecule has 3 rings (SSSR count). The molecule has 0 unspecified atom stereocenters. The fraction of sp³-hybridized carbons (Fsp3) is 0.545. The van der Waals surface area contributed by atoms with Gasteiger partial charge in [0.05, 0.1) is 18.0 Å². The van der Waals surface area contributed by atoms with Gasteiger partial charge in [0.1, 0.15) is 5.75 Å². The van der Waals surface area contributed by atoms with Gasteiger partial charge in [-0.2, -0.15) is 0 Å². The van der Waals surface area contributed by atoms with E-state index in [1.54, 1.807) is 0 Å². The molecule has 2 heterocycles. The van der Waals surface area contributed by atoms with Crippen LogP contribution in [0.25, 0.3) is 5.57 Å². The average molecular weight is 489 g/mol. The molecule has 196 valence electrons. The summed E-state index contributed by atoms with van der Waals surface area (Å²) in [5.74, 6) is 0.979. The Labute approximate surface area is 220 Å². The second-order valence-electron chi connectivity index (χ2n) is 10.8. The van der Waals surface area contributed by atoms with Gasteiger partial charge in [0, 0.05) is 17.0 Å². The lowest BCUT2D eigenvalue weighted by atomic mass is 9.89. The largest absolute Gasteiger partial charge is 0.494 e. The number of hydrogen-bond donors (Lipinski definition) is 1. The summed E-state index contributed by atoms with van der Waals surface area (Å²) >= 11 is 0. The van der Waals surface area contributed by atoms with Crippen LogP contribution in [0.5, 0.6) is 5.75 Å². The first kappa shape index (κ1) is 28.0. The van der Waals surface area contributed by atoms with E-state index in [4.69, 9.17) is 9.73 Å². The van der Waals surface area contributed by atoms with E-state index in [1.807, 2.05) is 0 Å². The van der Waals surface area contributed by atoms with Crippen LogP contribution in [0.2, 0.25) is 0 Å². The van der Waals surface area contributed by atoms with Crippen LogP contribution < -0.4 is 4.74 Å². The molecule has 2 aromatic rings. The third-order valence-electron chi connectivity index (χ3n) is 7.25. The van der Waals surface area contributed by atoms with Gasteiger partial charge in [-0.05, 0) is 100 Å². The van der Waals surface area contributed by atoms with E-state index in [0.29, 0.717) is 0 Å². The zero-order chi connectivity index (χ0) is 26.1. The Kier molecular flexibility index (Phi) is 10.6. The molecule has 0 fully saturated rings. The molecule has 1 aromatic carbocycles. The highest BCUT2D eigenvalue weighted by atomic mass is 16.5. The van der Waals surface area contributed by atoms with Crippen molar-refractivity contribution in [2.24, 2.45) is 4.99 Å². The third kappa shape index (κ3) is 7.48. The van der Waals surface area contributed by atoms with E-state index in [-0.39, 0.29) is 0 Å². The van der Waals surface area contributed by atoms with Gasteiger partial charge in [0.15, 0.2) is 0 Å². The Morgan fingerprint density at radius 1 is 0.750 bits per heavy atom. The topological polar surface area (TPSA) is 37.4 Å². The number of H-pyrrole nitrogens is 1. The number of aromatic amines is 1. The van der Waals surface area contributed by atoms with Gasteiger partial charge in [-0.15, -0.1) is 0 Å². The minimum absolute atomic E-state index is 0.795. The summed E-state index contributed by atoms with van der Waals surface area (Å²) in [5.41, 5.74) is 11.9. The lowest BCUT2D eigenvalue weighted by Crippen LogP contribution is -2.03. The monoisotopic (exact) mass is 488 g/mol. The van der Waals surface area contributed by atoms with Crippen LogP contribution in [0, 0.1) is 27.7 Å². The Balaban J connectivity index is 1.65. The first-order valence-corrected chi connectivity index (χ1v) is 14.2. The predicted octanol–water partition coefficient (Wildman–Crippen LogP) is 9.73. The zero-order valence-corrected chi connectivity index (χ0v) is 23.9. The number of nitrogens with zero attached hydrogens (tertiary/aromatic N) is 1. The maximum Gasteiger partial charge on any atom is 0.119 e. The lowest BCUT2D eigenvalue weighted by molar-refractivity contribution is 0.304. The van der Waals surface area contributed by atoms with Crippen molar-refractivity contribution in [2.45, 2.75) is 113 Å². The molecular weight excluding hydrogens is 440 g/mol. The van der Waals surface area contributed by atoms with Crippen molar-refractivity contribution in [3.8, 4) is 5.75 Å². The molecule has 1 aromatic heterocycles. The van der Waals surface area contributed by atoms with Crippen LogP contribution in [0.4, 0.5) is 0 Å². The third-order valence-corrected chi connectivity index (χ3v) is 7.25. The molecule has 0 aliphatic carbocycles. The van der Waals surface area contributed by atoms with Gasteiger partial charge in [0.2, 0.25) is 0 Å². The second kappa shape index (κ2) is 13.7. The average Bonchev–Trinajstić information content (AvgIpc) is 3.33. The van der Waals surface area contributed by atoms with Gasteiger partial charge in [-0.25, -0.2) is 0 Å². The molecule has 1 N–H and O–H groups in total. The van der Waals surface area contributed by atoms with Crippen molar-refractivity contribution in [2.75, 3.05) is 6.61 Å². The molecule has 3 nitrogen and oxygen atoms in total. The molecule has 3 heteroatoms. The molecule has 1 aliphatic heterocycles. The van der Waals surface area contributed by atoms with Gasteiger partial charge in [-0.1, -0.05) is 64.7 Å². The second-order valence-corrected chi connectivity index (χ2v) is 10.8. The highest BCUT2D eigenvalue weighted by molar-refractivity contribution is 6.01. The highest BCUT2D eigenvalue weighted by Crippen LogP contribution is 2.39. The molecule has 0 saturated carbocycles. The number of ether oxygens (including phenoxy) is 1. The lowest BCUT2D eigenvalue weighted by Gasteiger charge is -2.19. The summed E-state index contributed by atoms with van der Waals surface area (Å²) in [7, 11) is 0. The van der Waals surface area contributed by atoms with Crippen molar-refractivity contribution in [1.29, 1.82) is 0 Å². The van der Waals surface area contributed by atoms with E-state index in [2.05, 4.69) is 77.7 Å². The number of unbranched alkanes of at least 4 members (excludes halogenated alkanes) is 9. The Morgan fingerprint density at radius 2 is 1.33 bits per heavy atom. The van der Waals surface area contributed by atoms with Crippen molar-refractivity contribution in [3.05, 3.63) is 69.2 Å². The minimum atomic E-state index is 0.795. The molecule has 0 bridgehead atoms. The van der Waals surface area contributed by atoms with Gasteiger partial charge >= 0.3 is 0 Å². The predicted molar refractivity (Wildman–Crippen MR) is 156 cm³/mol. The number of nitrogens with one attached hydrogen (secondary N) is 1. The number of aliphatic imine (C=N–C) groups is 1. The highest BCUT2D eigenvalue weighted by Gasteiger charge is 2.23. The van der Waals surface area contributed by atoms with Crippen LogP contribution in [-0.4, -0.2) is 17.3 Å².